The normalized spacial score (nSPS) is 10.7. The highest BCUT2D eigenvalue weighted by Crippen LogP contribution is 2.30. The number of rotatable bonds is 15. The number of halogens is 1. The second kappa shape index (κ2) is 21.7. The topological polar surface area (TPSA) is 116 Å². The molecule has 0 aliphatic carbocycles. The fraction of sp³-hybridized carbons (Fsp3) is 0.471. The van der Waals surface area contributed by atoms with E-state index in [1.807, 2.05) is 53.0 Å². The van der Waals surface area contributed by atoms with Crippen molar-refractivity contribution < 1.29 is 37.7 Å². The number of ether oxygens (including phenoxy) is 4. The summed E-state index contributed by atoms with van der Waals surface area (Å²) in [6, 6.07) is 9.43. The van der Waals surface area contributed by atoms with Gasteiger partial charge in [-0.05, 0) is 30.2 Å². The molecule has 0 saturated heterocycles. The Bertz CT molecular complexity index is 1420. The standard InChI is InChI=1S/C30H36FN3O7S.2C2H6/c1-19(2)15-28(36)41-14-13-40-25-10-9-20(16-26(25)39-5)30(37)32-17-27(35)34(3)33-24(11-12-38-4)22-18-42-29-21(22)7-6-8-23(29)31;2*1-2/h6-10,16,18-19H,11-15,17H2,1-5H3,(H,32,37);2*1-2H3/b33-24+;;. The zero-order chi connectivity index (χ0) is 34.6. The molecule has 3 aromatic rings. The van der Waals surface area contributed by atoms with Gasteiger partial charge in [0.15, 0.2) is 11.5 Å². The predicted octanol–water partition coefficient (Wildman–Crippen LogP) is 6.70. The van der Waals surface area contributed by atoms with Crippen LogP contribution in [0.1, 0.15) is 70.3 Å². The third kappa shape index (κ3) is 12.4. The molecule has 0 atom stereocenters. The van der Waals surface area contributed by atoms with Crippen LogP contribution in [0.2, 0.25) is 0 Å². The first-order valence-corrected chi connectivity index (χ1v) is 16.3. The van der Waals surface area contributed by atoms with Crippen molar-refractivity contribution in [3.05, 3.63) is 58.7 Å². The van der Waals surface area contributed by atoms with Crippen LogP contribution in [0.25, 0.3) is 10.1 Å². The number of thiophene rings is 1. The van der Waals surface area contributed by atoms with E-state index in [0.29, 0.717) is 46.7 Å². The van der Waals surface area contributed by atoms with Gasteiger partial charge in [0.2, 0.25) is 0 Å². The minimum Gasteiger partial charge on any atom is -0.493 e. The van der Waals surface area contributed by atoms with E-state index in [1.54, 1.807) is 19.2 Å². The van der Waals surface area contributed by atoms with E-state index in [1.165, 1.54) is 43.7 Å². The van der Waals surface area contributed by atoms with Gasteiger partial charge in [-0.1, -0.05) is 53.7 Å². The number of hydrazone groups is 1. The fourth-order valence-electron chi connectivity index (χ4n) is 3.92. The number of amides is 2. The molecular weight excluding hydrogens is 613 g/mol. The number of hydrogen-bond acceptors (Lipinski definition) is 9. The Labute approximate surface area is 275 Å². The Morgan fingerprint density at radius 3 is 2.37 bits per heavy atom. The van der Waals surface area contributed by atoms with E-state index >= 15 is 0 Å². The van der Waals surface area contributed by atoms with Crippen molar-refractivity contribution in [3.63, 3.8) is 0 Å². The van der Waals surface area contributed by atoms with Crippen LogP contribution in [0.4, 0.5) is 4.39 Å². The quantitative estimate of drug-likeness (QED) is 0.0834. The van der Waals surface area contributed by atoms with Crippen LogP contribution in [0, 0.1) is 11.7 Å². The number of carbonyl (C=O) groups excluding carboxylic acids is 3. The highest BCUT2D eigenvalue weighted by Gasteiger charge is 2.18. The summed E-state index contributed by atoms with van der Waals surface area (Å²) in [5, 5.41) is 10.7. The molecular formula is C34H48FN3O7S. The third-order valence-electron chi connectivity index (χ3n) is 6.04. The summed E-state index contributed by atoms with van der Waals surface area (Å²) >= 11 is 1.27. The van der Waals surface area contributed by atoms with Crippen LogP contribution >= 0.6 is 11.3 Å². The van der Waals surface area contributed by atoms with Crippen LogP contribution < -0.4 is 14.8 Å². The summed E-state index contributed by atoms with van der Waals surface area (Å²) < 4.78 is 36.1. The van der Waals surface area contributed by atoms with Crippen LogP contribution in [-0.4, -0.2) is 76.1 Å². The molecule has 0 fully saturated rings. The summed E-state index contributed by atoms with van der Waals surface area (Å²) in [7, 11) is 4.49. The molecule has 0 bridgehead atoms. The maximum Gasteiger partial charge on any atom is 0.306 e. The molecule has 46 heavy (non-hydrogen) atoms. The highest BCUT2D eigenvalue weighted by molar-refractivity contribution is 7.17. The molecule has 3 rings (SSSR count). The van der Waals surface area contributed by atoms with E-state index in [9.17, 15) is 18.8 Å². The zero-order valence-corrected chi connectivity index (χ0v) is 29.2. The molecule has 10 nitrogen and oxygen atoms in total. The van der Waals surface area contributed by atoms with Crippen molar-refractivity contribution >= 4 is 44.9 Å². The molecule has 2 aromatic carbocycles. The molecule has 1 N–H and O–H groups in total. The average molecular weight is 662 g/mol. The van der Waals surface area contributed by atoms with Crippen LogP contribution in [0.3, 0.4) is 0 Å². The van der Waals surface area contributed by atoms with Crippen molar-refractivity contribution in [1.82, 2.24) is 10.3 Å². The van der Waals surface area contributed by atoms with Gasteiger partial charge in [0.1, 0.15) is 19.0 Å². The molecule has 0 saturated carbocycles. The summed E-state index contributed by atoms with van der Waals surface area (Å²) in [4.78, 5) is 37.3. The highest BCUT2D eigenvalue weighted by atomic mass is 32.1. The Balaban J connectivity index is 0.00000254. The van der Waals surface area contributed by atoms with Gasteiger partial charge in [-0.2, -0.15) is 5.10 Å². The summed E-state index contributed by atoms with van der Waals surface area (Å²) in [6.07, 6.45) is 0.733. The molecule has 2 amide bonds. The first-order valence-electron chi connectivity index (χ1n) is 15.4. The molecule has 0 unspecified atom stereocenters. The number of nitrogens with one attached hydrogen (secondary N) is 1. The zero-order valence-electron chi connectivity index (χ0n) is 28.4. The van der Waals surface area contributed by atoms with Gasteiger partial charge in [0, 0.05) is 48.9 Å². The van der Waals surface area contributed by atoms with E-state index in [0.717, 1.165) is 10.6 Å². The number of fused-ring (bicyclic) bond motifs is 1. The molecule has 1 heterocycles. The Morgan fingerprint density at radius 1 is 1.00 bits per heavy atom. The summed E-state index contributed by atoms with van der Waals surface area (Å²) in [5.74, 6) is -0.663. The second-order valence-corrected chi connectivity index (χ2v) is 10.6. The van der Waals surface area contributed by atoms with Gasteiger partial charge >= 0.3 is 5.97 Å². The number of hydrogen-bond donors (Lipinski definition) is 1. The van der Waals surface area contributed by atoms with Crippen molar-refractivity contribution in [2.75, 3.05) is 47.6 Å². The lowest BCUT2D eigenvalue weighted by atomic mass is 10.1. The number of benzene rings is 2. The third-order valence-corrected chi connectivity index (χ3v) is 7.05. The van der Waals surface area contributed by atoms with Crippen molar-refractivity contribution in [3.8, 4) is 11.5 Å². The summed E-state index contributed by atoms with van der Waals surface area (Å²) in [5.41, 5.74) is 1.54. The number of likely N-dealkylation sites (N-methyl/N-ethyl adjacent to an activating group) is 1. The maximum atomic E-state index is 14.2. The van der Waals surface area contributed by atoms with E-state index in [-0.39, 0.29) is 43.0 Å². The molecule has 0 aliphatic rings. The molecule has 12 heteroatoms. The fourth-order valence-corrected chi connectivity index (χ4v) is 4.90. The number of nitrogens with zero attached hydrogens (tertiary/aromatic N) is 2. The number of carbonyl (C=O) groups is 3. The number of methoxy groups -OCH3 is 2. The molecule has 0 spiro atoms. The Kier molecular flexibility index (Phi) is 18.8. The predicted molar refractivity (Wildman–Crippen MR) is 182 cm³/mol. The lowest BCUT2D eigenvalue weighted by molar-refractivity contribution is -0.145. The minimum absolute atomic E-state index is 0.0851. The summed E-state index contributed by atoms with van der Waals surface area (Å²) in [6.45, 7) is 12.1. The smallest absolute Gasteiger partial charge is 0.306 e. The van der Waals surface area contributed by atoms with Crippen LogP contribution in [0.5, 0.6) is 11.5 Å². The SMILES string of the molecule is CC.CC.COCC/C(=N\N(C)C(=O)CNC(=O)c1ccc(OCCOC(=O)CC(C)C)c(OC)c1)c1csc2c(F)cccc12. The van der Waals surface area contributed by atoms with Gasteiger partial charge in [-0.25, -0.2) is 9.40 Å². The monoisotopic (exact) mass is 661 g/mol. The van der Waals surface area contributed by atoms with Crippen molar-refractivity contribution in [1.29, 1.82) is 0 Å². The second-order valence-electron chi connectivity index (χ2n) is 9.69. The molecule has 0 radical (unpaired) electrons. The lowest BCUT2D eigenvalue weighted by Gasteiger charge is -2.15. The van der Waals surface area contributed by atoms with Gasteiger partial charge in [-0.15, -0.1) is 11.3 Å². The average Bonchev–Trinajstić information content (AvgIpc) is 3.50. The molecule has 1 aromatic heterocycles. The number of esters is 1. The van der Waals surface area contributed by atoms with E-state index < -0.39 is 11.8 Å². The Hall–Kier alpha value is -4.03. The first kappa shape index (κ1) is 40.0. The maximum absolute atomic E-state index is 14.2. The minimum atomic E-state index is -0.493. The molecule has 0 aliphatic heterocycles. The van der Waals surface area contributed by atoms with Gasteiger partial charge < -0.3 is 24.3 Å². The van der Waals surface area contributed by atoms with E-state index in [2.05, 4.69) is 10.4 Å². The van der Waals surface area contributed by atoms with Gasteiger partial charge in [-0.3, -0.25) is 14.4 Å². The van der Waals surface area contributed by atoms with Crippen molar-refractivity contribution in [2.24, 2.45) is 11.0 Å². The van der Waals surface area contributed by atoms with Gasteiger partial charge in [0.25, 0.3) is 11.8 Å². The van der Waals surface area contributed by atoms with Crippen molar-refractivity contribution in [2.45, 2.75) is 54.4 Å². The Morgan fingerprint density at radius 2 is 1.72 bits per heavy atom. The lowest BCUT2D eigenvalue weighted by Crippen LogP contribution is -2.36. The molecule has 254 valence electrons. The largest absolute Gasteiger partial charge is 0.493 e. The first-order chi connectivity index (χ1) is 22.1. The van der Waals surface area contributed by atoms with Crippen LogP contribution in [0.15, 0.2) is 46.9 Å². The van der Waals surface area contributed by atoms with E-state index in [4.69, 9.17) is 18.9 Å². The van der Waals surface area contributed by atoms with Gasteiger partial charge in [0.05, 0.1) is 30.7 Å². The van der Waals surface area contributed by atoms with Crippen LogP contribution in [-0.2, 0) is 19.1 Å².